The molecule has 0 saturated carbocycles. The number of nitrogens with zero attached hydrogens (tertiary/aromatic N) is 4. The molecule has 0 atom stereocenters. The number of amides is 4. The van der Waals surface area contributed by atoms with Crippen molar-refractivity contribution >= 4 is 23.6 Å². The Hall–Kier alpha value is -3.22. The van der Waals surface area contributed by atoms with E-state index in [4.69, 9.17) is 37.9 Å². The highest BCUT2D eigenvalue weighted by atomic mass is 16.7. The molecule has 0 unspecified atom stereocenters. The second-order valence-electron chi connectivity index (χ2n) is 15.5. The lowest BCUT2D eigenvalue weighted by atomic mass is 9.94. The maximum Gasteiger partial charge on any atom is 0.254 e. The Balaban J connectivity index is 1.59. The van der Waals surface area contributed by atoms with Gasteiger partial charge < -0.3 is 57.5 Å². The number of carbonyl (C=O) groups is 4. The van der Waals surface area contributed by atoms with Crippen molar-refractivity contribution < 1.29 is 57.1 Å². The van der Waals surface area contributed by atoms with Crippen LogP contribution in [0.4, 0.5) is 0 Å². The summed E-state index contributed by atoms with van der Waals surface area (Å²) < 4.78 is 46.8. The minimum Gasteiger partial charge on any atom is -0.349 e. The summed E-state index contributed by atoms with van der Waals surface area (Å²) in [6.45, 7) is 17.6. The standard InChI is InChI=1S/C38H58N4O12/c1-35(2)47-17-9-39(10-18-48-35)31(43)27-25-29(33(45)41-13-21-51-37(5,6)52-22-14-41)30(34(46)42-15-23-53-38(7,8)54-24-16-42)26-28(27)32(44)40-11-19-49-36(3,4)50-20-12-40/h25-26H,9-24H2,1-8H3. The van der Waals surface area contributed by atoms with Crippen molar-refractivity contribution in [2.45, 2.75) is 78.5 Å². The Labute approximate surface area is 318 Å². The largest absolute Gasteiger partial charge is 0.349 e. The van der Waals surface area contributed by atoms with Crippen LogP contribution in [-0.2, 0) is 37.9 Å². The third-order valence-corrected chi connectivity index (χ3v) is 9.72. The monoisotopic (exact) mass is 762 g/mol. The van der Waals surface area contributed by atoms with Crippen molar-refractivity contribution in [3.8, 4) is 0 Å². The Kier molecular flexibility index (Phi) is 13.4. The molecular weight excluding hydrogens is 704 g/mol. The molecule has 0 aromatic heterocycles. The van der Waals surface area contributed by atoms with Gasteiger partial charge in [0.05, 0.1) is 75.1 Å². The quantitative estimate of drug-likeness (QED) is 0.443. The summed E-state index contributed by atoms with van der Waals surface area (Å²) in [6, 6.07) is 2.78. The van der Waals surface area contributed by atoms with E-state index >= 15 is 0 Å². The van der Waals surface area contributed by atoms with Gasteiger partial charge in [0.2, 0.25) is 0 Å². The fraction of sp³-hybridized carbons (Fsp3) is 0.737. The van der Waals surface area contributed by atoms with E-state index in [0.717, 1.165) is 0 Å². The number of rotatable bonds is 4. The van der Waals surface area contributed by atoms with E-state index in [-0.39, 0.29) is 127 Å². The molecule has 0 aliphatic carbocycles. The number of hydrogen-bond donors (Lipinski definition) is 0. The summed E-state index contributed by atoms with van der Waals surface area (Å²) in [4.78, 5) is 64.5. The molecular formula is C38H58N4O12. The molecule has 4 amide bonds. The SMILES string of the molecule is CC1(C)OCCN(C(=O)c2cc(C(=O)N3CCOC(C)(C)OCC3)c(C(=O)N3CCOC(C)(C)OCC3)cc2C(=O)N2CCOC(C)(C)OCC2)CCO1. The van der Waals surface area contributed by atoms with E-state index in [2.05, 4.69) is 0 Å². The van der Waals surface area contributed by atoms with E-state index in [1.54, 1.807) is 55.4 Å². The van der Waals surface area contributed by atoms with Crippen LogP contribution in [0.25, 0.3) is 0 Å². The maximum absolute atomic E-state index is 14.6. The molecule has 4 saturated heterocycles. The maximum atomic E-state index is 14.6. The number of benzene rings is 1. The van der Waals surface area contributed by atoms with Gasteiger partial charge in [-0.05, 0) is 67.5 Å². The van der Waals surface area contributed by atoms with E-state index in [9.17, 15) is 19.2 Å². The van der Waals surface area contributed by atoms with Gasteiger partial charge in [-0.3, -0.25) is 19.2 Å². The molecule has 0 spiro atoms. The van der Waals surface area contributed by atoms with Crippen molar-refractivity contribution in [2.75, 3.05) is 105 Å². The van der Waals surface area contributed by atoms with Crippen LogP contribution in [0.2, 0.25) is 0 Å². The first-order valence-corrected chi connectivity index (χ1v) is 18.8. The van der Waals surface area contributed by atoms with Gasteiger partial charge in [0, 0.05) is 52.4 Å². The Morgan fingerprint density at radius 1 is 0.352 bits per heavy atom. The average Bonchev–Trinajstić information content (AvgIpc) is 3.06. The molecule has 0 radical (unpaired) electrons. The summed E-state index contributed by atoms with van der Waals surface area (Å²) in [5, 5.41) is 0. The lowest BCUT2D eigenvalue weighted by molar-refractivity contribution is -0.224. The molecule has 0 bridgehead atoms. The van der Waals surface area contributed by atoms with Gasteiger partial charge in [-0.25, -0.2) is 0 Å². The highest BCUT2D eigenvalue weighted by Crippen LogP contribution is 2.27. The van der Waals surface area contributed by atoms with Crippen LogP contribution in [0.15, 0.2) is 12.1 Å². The van der Waals surface area contributed by atoms with Crippen molar-refractivity contribution in [1.82, 2.24) is 19.6 Å². The molecule has 1 aromatic rings. The smallest absolute Gasteiger partial charge is 0.254 e. The lowest BCUT2D eigenvalue weighted by Crippen LogP contribution is -2.47. The second kappa shape index (κ2) is 17.3. The Bertz CT molecular complexity index is 1260. The van der Waals surface area contributed by atoms with Crippen LogP contribution >= 0.6 is 0 Å². The molecule has 5 rings (SSSR count). The van der Waals surface area contributed by atoms with Crippen LogP contribution in [0.5, 0.6) is 0 Å². The van der Waals surface area contributed by atoms with E-state index in [1.165, 1.54) is 31.7 Å². The Morgan fingerprint density at radius 3 is 0.648 bits per heavy atom. The number of carbonyl (C=O) groups excluding carboxylic acids is 4. The van der Waals surface area contributed by atoms with Gasteiger partial charge in [-0.15, -0.1) is 0 Å². The van der Waals surface area contributed by atoms with Gasteiger partial charge in [0.25, 0.3) is 23.6 Å². The number of ether oxygens (including phenoxy) is 8. The summed E-state index contributed by atoms with van der Waals surface area (Å²) in [5.74, 6) is -5.32. The summed E-state index contributed by atoms with van der Waals surface area (Å²) in [7, 11) is 0. The Morgan fingerprint density at radius 2 is 0.500 bits per heavy atom. The van der Waals surface area contributed by atoms with E-state index < -0.39 is 46.8 Å². The van der Waals surface area contributed by atoms with Crippen LogP contribution in [0.3, 0.4) is 0 Å². The van der Waals surface area contributed by atoms with Crippen LogP contribution < -0.4 is 0 Å². The predicted molar refractivity (Wildman–Crippen MR) is 194 cm³/mol. The minimum absolute atomic E-state index is 0.0225. The summed E-state index contributed by atoms with van der Waals surface area (Å²) >= 11 is 0. The average molecular weight is 763 g/mol. The zero-order valence-electron chi connectivity index (χ0n) is 33.2. The van der Waals surface area contributed by atoms with Gasteiger partial charge in [0.15, 0.2) is 23.1 Å². The second-order valence-corrected chi connectivity index (χ2v) is 15.5. The molecule has 4 aliphatic heterocycles. The molecule has 4 heterocycles. The minimum atomic E-state index is -0.824. The zero-order chi connectivity index (χ0) is 39.3. The number of hydrogen-bond acceptors (Lipinski definition) is 12. The predicted octanol–water partition coefficient (Wildman–Crippen LogP) is 2.59. The molecule has 1 aromatic carbocycles. The highest BCUT2D eigenvalue weighted by molar-refractivity contribution is 6.14. The molecule has 0 N–H and O–H groups in total. The molecule has 4 fully saturated rings. The fourth-order valence-electron chi connectivity index (χ4n) is 6.63. The first-order chi connectivity index (χ1) is 25.4. The van der Waals surface area contributed by atoms with Crippen molar-refractivity contribution in [2.24, 2.45) is 0 Å². The van der Waals surface area contributed by atoms with Gasteiger partial charge in [-0.2, -0.15) is 0 Å². The summed E-state index contributed by atoms with van der Waals surface area (Å²) in [5.41, 5.74) is -0.0899. The lowest BCUT2D eigenvalue weighted by Gasteiger charge is -2.35. The molecule has 54 heavy (non-hydrogen) atoms. The normalized spacial score (nSPS) is 24.0. The zero-order valence-corrected chi connectivity index (χ0v) is 33.2. The van der Waals surface area contributed by atoms with E-state index in [1.807, 2.05) is 0 Å². The van der Waals surface area contributed by atoms with Crippen molar-refractivity contribution in [3.63, 3.8) is 0 Å². The summed E-state index contributed by atoms with van der Waals surface area (Å²) in [6.07, 6.45) is 0. The fourth-order valence-corrected chi connectivity index (χ4v) is 6.63. The van der Waals surface area contributed by atoms with Gasteiger partial charge >= 0.3 is 0 Å². The third-order valence-electron chi connectivity index (χ3n) is 9.72. The topological polar surface area (TPSA) is 155 Å². The van der Waals surface area contributed by atoms with Crippen LogP contribution in [-0.4, -0.2) is 172 Å². The first-order valence-electron chi connectivity index (χ1n) is 18.8. The van der Waals surface area contributed by atoms with E-state index in [0.29, 0.717) is 0 Å². The molecule has 4 aliphatic rings. The molecule has 16 heteroatoms. The van der Waals surface area contributed by atoms with Crippen molar-refractivity contribution in [3.05, 3.63) is 34.4 Å². The molecule has 302 valence electrons. The molecule has 16 nitrogen and oxygen atoms in total. The van der Waals surface area contributed by atoms with Gasteiger partial charge in [-0.1, -0.05) is 0 Å². The van der Waals surface area contributed by atoms with Gasteiger partial charge in [0.1, 0.15) is 0 Å². The third kappa shape index (κ3) is 11.0. The highest BCUT2D eigenvalue weighted by Gasteiger charge is 2.36. The van der Waals surface area contributed by atoms with Crippen LogP contribution in [0.1, 0.15) is 96.8 Å². The van der Waals surface area contributed by atoms with Crippen LogP contribution in [0, 0.1) is 0 Å². The van der Waals surface area contributed by atoms with Crippen molar-refractivity contribution in [1.29, 1.82) is 0 Å². The first kappa shape index (κ1) is 41.9.